The van der Waals surface area contributed by atoms with E-state index in [4.69, 9.17) is 4.74 Å². The average molecular weight is 526 g/mol. The van der Waals surface area contributed by atoms with Gasteiger partial charge in [-0.25, -0.2) is 13.2 Å². The number of para-hydroxylation sites is 1. The first-order chi connectivity index (χ1) is 18.3. The van der Waals surface area contributed by atoms with E-state index in [1.807, 2.05) is 31.2 Å². The highest BCUT2D eigenvalue weighted by Gasteiger charge is 2.52. The van der Waals surface area contributed by atoms with Crippen LogP contribution in [-0.2, 0) is 11.2 Å². The molecule has 38 heavy (non-hydrogen) atoms. The van der Waals surface area contributed by atoms with Crippen LogP contribution in [0.2, 0.25) is 0 Å². The van der Waals surface area contributed by atoms with E-state index in [0.717, 1.165) is 48.9 Å². The van der Waals surface area contributed by atoms with Crippen LogP contribution in [0.3, 0.4) is 0 Å². The van der Waals surface area contributed by atoms with Gasteiger partial charge in [0.2, 0.25) is 0 Å². The molecule has 2 aliphatic heterocycles. The lowest BCUT2D eigenvalue weighted by molar-refractivity contribution is -0.155. The Morgan fingerprint density at radius 1 is 1.16 bits per heavy atom. The predicted octanol–water partition coefficient (Wildman–Crippen LogP) is 6.06. The van der Waals surface area contributed by atoms with Crippen LogP contribution >= 0.6 is 0 Å². The minimum atomic E-state index is -1.99. The van der Waals surface area contributed by atoms with Gasteiger partial charge in [-0.3, -0.25) is 9.69 Å². The quantitative estimate of drug-likeness (QED) is 0.408. The molecular formula is C30H34F3N3O2. The Morgan fingerprint density at radius 2 is 1.87 bits per heavy atom. The summed E-state index contributed by atoms with van der Waals surface area (Å²) in [4.78, 5) is 20.5. The molecule has 6 rings (SSSR count). The van der Waals surface area contributed by atoms with Crippen molar-refractivity contribution >= 4 is 16.8 Å². The molecule has 1 saturated carbocycles. The first kappa shape index (κ1) is 25.3. The van der Waals surface area contributed by atoms with Gasteiger partial charge in [-0.05, 0) is 57.2 Å². The van der Waals surface area contributed by atoms with E-state index in [1.165, 1.54) is 17.0 Å². The number of aromatic nitrogens is 1. The number of halogens is 3. The third-order valence-corrected chi connectivity index (χ3v) is 8.52. The van der Waals surface area contributed by atoms with Crippen LogP contribution in [0.4, 0.5) is 13.2 Å². The van der Waals surface area contributed by atoms with E-state index in [0.29, 0.717) is 18.5 Å². The van der Waals surface area contributed by atoms with Crippen LogP contribution < -0.4 is 4.74 Å². The Kier molecular flexibility index (Phi) is 6.41. The maximum absolute atomic E-state index is 15.8. The summed E-state index contributed by atoms with van der Waals surface area (Å²) in [5, 5.41) is 0.948. The number of ether oxygens (including phenoxy) is 1. The minimum absolute atomic E-state index is 0.116. The van der Waals surface area contributed by atoms with Crippen LogP contribution in [0.15, 0.2) is 36.4 Å². The van der Waals surface area contributed by atoms with Crippen LogP contribution in [0, 0.1) is 11.6 Å². The topological polar surface area (TPSA) is 48.6 Å². The van der Waals surface area contributed by atoms with Gasteiger partial charge in [0.25, 0.3) is 5.91 Å². The molecular weight excluding hydrogens is 491 g/mol. The van der Waals surface area contributed by atoms with Crippen LogP contribution in [-0.4, -0.2) is 58.1 Å². The van der Waals surface area contributed by atoms with Crippen molar-refractivity contribution in [2.24, 2.45) is 0 Å². The Balaban J connectivity index is 1.37. The van der Waals surface area contributed by atoms with Gasteiger partial charge >= 0.3 is 0 Å². The van der Waals surface area contributed by atoms with Gasteiger partial charge in [0.15, 0.2) is 5.67 Å². The number of aromatic amines is 1. The van der Waals surface area contributed by atoms with Crippen molar-refractivity contribution < 1.29 is 22.7 Å². The third kappa shape index (κ3) is 4.17. The molecule has 0 bridgehead atoms. The maximum atomic E-state index is 15.8. The summed E-state index contributed by atoms with van der Waals surface area (Å²) in [6.45, 7) is 6.41. The average Bonchev–Trinajstić information content (AvgIpc) is 3.21. The summed E-state index contributed by atoms with van der Waals surface area (Å²) in [7, 11) is 0. The second-order valence-electron chi connectivity index (χ2n) is 11.2. The highest BCUT2D eigenvalue weighted by Crippen LogP contribution is 2.47. The lowest BCUT2D eigenvalue weighted by atomic mass is 9.78. The molecule has 8 heteroatoms. The monoisotopic (exact) mass is 525 g/mol. The Hall–Kier alpha value is -3.00. The molecule has 1 saturated heterocycles. The number of hydrogen-bond donors (Lipinski definition) is 1. The van der Waals surface area contributed by atoms with Gasteiger partial charge in [-0.1, -0.05) is 31.5 Å². The molecule has 0 spiro atoms. The molecule has 1 N–H and O–H groups in total. The van der Waals surface area contributed by atoms with Crippen molar-refractivity contribution in [3.8, 4) is 5.75 Å². The second kappa shape index (κ2) is 9.63. The highest BCUT2D eigenvalue weighted by molar-refractivity contribution is 5.90. The summed E-state index contributed by atoms with van der Waals surface area (Å²) >= 11 is 0. The number of nitrogens with zero attached hydrogens (tertiary/aromatic N) is 2. The van der Waals surface area contributed by atoms with Gasteiger partial charge in [-0.15, -0.1) is 0 Å². The molecule has 2 atom stereocenters. The maximum Gasteiger partial charge on any atom is 0.261 e. The number of H-pyrrole nitrogens is 1. The van der Waals surface area contributed by atoms with Crippen molar-refractivity contribution in [1.82, 2.24) is 14.8 Å². The van der Waals surface area contributed by atoms with Gasteiger partial charge in [0.05, 0.1) is 5.56 Å². The smallest absolute Gasteiger partial charge is 0.261 e. The number of carbonyl (C=O) groups excluding carboxylic acids is 1. The molecule has 2 fully saturated rings. The normalized spacial score (nSPS) is 23.1. The van der Waals surface area contributed by atoms with Gasteiger partial charge < -0.3 is 14.6 Å². The van der Waals surface area contributed by atoms with Crippen molar-refractivity contribution in [3.05, 3.63) is 64.9 Å². The molecule has 1 aliphatic carbocycles. The molecule has 1 amide bonds. The van der Waals surface area contributed by atoms with Crippen molar-refractivity contribution in [3.63, 3.8) is 0 Å². The van der Waals surface area contributed by atoms with Crippen molar-refractivity contribution in [1.29, 1.82) is 0 Å². The Morgan fingerprint density at radius 3 is 2.53 bits per heavy atom. The van der Waals surface area contributed by atoms with E-state index in [1.54, 1.807) is 0 Å². The predicted molar refractivity (Wildman–Crippen MR) is 140 cm³/mol. The van der Waals surface area contributed by atoms with Crippen LogP contribution in [0.25, 0.3) is 10.9 Å². The molecule has 3 aliphatic rings. The zero-order valence-corrected chi connectivity index (χ0v) is 21.9. The Labute approximate surface area is 220 Å². The molecule has 3 aromatic rings. The van der Waals surface area contributed by atoms with E-state index >= 15 is 13.2 Å². The largest absolute Gasteiger partial charge is 0.488 e. The lowest BCUT2D eigenvalue weighted by Gasteiger charge is -2.46. The first-order valence-electron chi connectivity index (χ1n) is 13.8. The van der Waals surface area contributed by atoms with Crippen molar-refractivity contribution in [2.45, 2.75) is 76.2 Å². The van der Waals surface area contributed by atoms with E-state index < -0.39 is 35.3 Å². The number of carbonyl (C=O) groups is 1. The third-order valence-electron chi connectivity index (χ3n) is 8.52. The highest BCUT2D eigenvalue weighted by atomic mass is 19.1. The number of amides is 1. The zero-order valence-electron chi connectivity index (χ0n) is 21.9. The minimum Gasteiger partial charge on any atom is -0.488 e. The lowest BCUT2D eigenvalue weighted by Crippen LogP contribution is -2.56. The summed E-state index contributed by atoms with van der Waals surface area (Å²) in [6.07, 6.45) is 3.47. The SMILES string of the molecule is CCCCN1CC(Oc2cc(F)c([C@@H]3c4[nH]c5ccccc5c4C[C@@H](C)N3C(=O)C3(F)CCC3)c(F)c2)C1. The van der Waals surface area contributed by atoms with Gasteiger partial charge in [0.1, 0.15) is 29.5 Å². The molecule has 0 radical (unpaired) electrons. The molecule has 0 unspecified atom stereocenters. The summed E-state index contributed by atoms with van der Waals surface area (Å²) in [5.41, 5.74) is 0.0223. The number of nitrogens with one attached hydrogen (secondary N) is 1. The van der Waals surface area contributed by atoms with Crippen molar-refractivity contribution in [2.75, 3.05) is 19.6 Å². The van der Waals surface area contributed by atoms with Crippen LogP contribution in [0.5, 0.6) is 5.75 Å². The summed E-state index contributed by atoms with van der Waals surface area (Å²) in [5.74, 6) is -2.16. The van der Waals surface area contributed by atoms with Crippen LogP contribution in [0.1, 0.15) is 68.8 Å². The fourth-order valence-corrected chi connectivity index (χ4v) is 6.24. The number of alkyl halides is 1. The van der Waals surface area contributed by atoms with E-state index in [9.17, 15) is 4.79 Å². The zero-order chi connectivity index (χ0) is 26.6. The number of benzene rings is 2. The fourth-order valence-electron chi connectivity index (χ4n) is 6.24. The number of fused-ring (bicyclic) bond motifs is 3. The summed E-state index contributed by atoms with van der Waals surface area (Å²) in [6, 6.07) is 8.51. The molecule has 1 aromatic heterocycles. The number of unbranched alkanes of at least 4 members (excludes halogenated alkanes) is 1. The van der Waals surface area contributed by atoms with Gasteiger partial charge in [0, 0.05) is 47.9 Å². The first-order valence-corrected chi connectivity index (χ1v) is 13.8. The number of hydrogen-bond acceptors (Lipinski definition) is 3. The number of likely N-dealkylation sites (tertiary alicyclic amines) is 1. The van der Waals surface area contributed by atoms with E-state index in [2.05, 4.69) is 16.8 Å². The summed E-state index contributed by atoms with van der Waals surface area (Å²) < 4.78 is 53.0. The second-order valence-corrected chi connectivity index (χ2v) is 11.2. The molecule has 3 heterocycles. The van der Waals surface area contributed by atoms with Gasteiger partial charge in [-0.2, -0.15) is 0 Å². The molecule has 2 aromatic carbocycles. The fraction of sp³-hybridized carbons (Fsp3) is 0.500. The molecule has 202 valence electrons. The molecule has 5 nitrogen and oxygen atoms in total. The standard InChI is InChI=1S/C30H34F3N3O2/c1-3-4-12-35-16-20(17-35)38-19-14-23(31)26(24(32)15-19)28-27-22(21-8-5-6-9-25(21)34-27)13-18(2)36(28)29(37)30(33)10-7-11-30/h5-6,8-9,14-15,18,20,28,34H,3-4,7,10-13,16-17H2,1-2H3/t18-,28-/m1/s1. The Bertz CT molecular complexity index is 1340. The number of rotatable bonds is 7. The van der Waals surface area contributed by atoms with E-state index in [-0.39, 0.29) is 30.3 Å².